The predicted octanol–water partition coefficient (Wildman–Crippen LogP) is 3.29. The van der Waals surface area contributed by atoms with Crippen LogP contribution in [0.4, 0.5) is 5.13 Å². The average molecular weight is 312 g/mol. The molecular formula is C15H25N3S2. The van der Waals surface area contributed by atoms with E-state index in [1.54, 1.807) is 0 Å². The SMILES string of the molecule is CCc1nc(N2CCSC(C)(C)C2)sc1CNC1CC1. The summed E-state index contributed by atoms with van der Waals surface area (Å²) < 4.78 is 0.350. The minimum atomic E-state index is 0.350. The number of nitrogens with zero attached hydrogens (tertiary/aromatic N) is 2. The first-order chi connectivity index (χ1) is 9.57. The molecular weight excluding hydrogens is 286 g/mol. The number of thioether (sulfide) groups is 1. The maximum absolute atomic E-state index is 4.91. The van der Waals surface area contributed by atoms with Crippen molar-refractivity contribution in [2.24, 2.45) is 0 Å². The minimum absolute atomic E-state index is 0.350. The molecule has 1 aromatic heterocycles. The Labute approximate surface area is 130 Å². The van der Waals surface area contributed by atoms with Gasteiger partial charge in [-0.2, -0.15) is 11.8 Å². The number of thiazole rings is 1. The van der Waals surface area contributed by atoms with E-state index in [0.717, 1.165) is 32.1 Å². The van der Waals surface area contributed by atoms with E-state index in [0.29, 0.717) is 4.75 Å². The van der Waals surface area contributed by atoms with E-state index >= 15 is 0 Å². The van der Waals surface area contributed by atoms with Crippen molar-refractivity contribution in [3.63, 3.8) is 0 Å². The number of anilines is 1. The fraction of sp³-hybridized carbons (Fsp3) is 0.800. The van der Waals surface area contributed by atoms with Gasteiger partial charge in [-0.1, -0.05) is 6.92 Å². The summed E-state index contributed by atoms with van der Waals surface area (Å²) in [4.78, 5) is 8.85. The molecule has 2 aliphatic rings. The Hall–Kier alpha value is -0.260. The highest BCUT2D eigenvalue weighted by atomic mass is 32.2. The second-order valence-electron chi connectivity index (χ2n) is 6.40. The first kappa shape index (κ1) is 14.7. The van der Waals surface area contributed by atoms with E-state index in [9.17, 15) is 0 Å². The molecule has 5 heteroatoms. The standard InChI is InChI=1S/C15H25N3S2/c1-4-12-13(9-16-11-5-6-11)20-14(17-12)18-7-8-19-15(2,3)10-18/h11,16H,4-10H2,1-3H3. The van der Waals surface area contributed by atoms with Crippen LogP contribution in [0.5, 0.6) is 0 Å². The van der Waals surface area contributed by atoms with E-state index in [2.05, 4.69) is 42.7 Å². The molecule has 2 fully saturated rings. The van der Waals surface area contributed by atoms with Crippen molar-refractivity contribution in [2.75, 3.05) is 23.7 Å². The molecule has 1 saturated heterocycles. The van der Waals surface area contributed by atoms with Crippen LogP contribution in [0.1, 0.15) is 44.2 Å². The van der Waals surface area contributed by atoms with Crippen LogP contribution in [-0.4, -0.2) is 34.6 Å². The predicted molar refractivity (Wildman–Crippen MR) is 90.1 cm³/mol. The van der Waals surface area contributed by atoms with Crippen molar-refractivity contribution in [1.82, 2.24) is 10.3 Å². The lowest BCUT2D eigenvalue weighted by Crippen LogP contribution is -2.43. The Bertz CT molecular complexity index is 466. The number of nitrogens with one attached hydrogen (secondary N) is 1. The largest absolute Gasteiger partial charge is 0.346 e. The molecule has 0 bridgehead atoms. The van der Waals surface area contributed by atoms with Gasteiger partial charge in [0, 0.05) is 41.1 Å². The summed E-state index contributed by atoms with van der Waals surface area (Å²) in [6, 6.07) is 0.774. The number of rotatable bonds is 5. The molecule has 1 aliphatic carbocycles. The average Bonchev–Trinajstić information content (AvgIpc) is 3.14. The van der Waals surface area contributed by atoms with Gasteiger partial charge in [-0.3, -0.25) is 0 Å². The van der Waals surface area contributed by atoms with Crippen LogP contribution >= 0.6 is 23.1 Å². The van der Waals surface area contributed by atoms with Crippen LogP contribution in [-0.2, 0) is 13.0 Å². The Kier molecular flexibility index (Phi) is 4.29. The lowest BCUT2D eigenvalue weighted by atomic mass is 10.2. The van der Waals surface area contributed by atoms with Crippen LogP contribution in [0.2, 0.25) is 0 Å². The van der Waals surface area contributed by atoms with Crippen LogP contribution in [0.3, 0.4) is 0 Å². The van der Waals surface area contributed by atoms with Crippen molar-refractivity contribution in [3.05, 3.63) is 10.6 Å². The molecule has 112 valence electrons. The summed E-state index contributed by atoms with van der Waals surface area (Å²) in [7, 11) is 0. The monoisotopic (exact) mass is 311 g/mol. The van der Waals surface area contributed by atoms with E-state index in [-0.39, 0.29) is 0 Å². The van der Waals surface area contributed by atoms with Crippen LogP contribution < -0.4 is 10.2 Å². The molecule has 0 amide bonds. The normalized spacial score (nSPS) is 22.2. The summed E-state index contributed by atoms with van der Waals surface area (Å²) >= 11 is 3.98. The van der Waals surface area contributed by atoms with Gasteiger partial charge in [-0.05, 0) is 33.1 Å². The van der Waals surface area contributed by atoms with Gasteiger partial charge in [0.15, 0.2) is 5.13 Å². The molecule has 3 rings (SSSR count). The molecule has 0 aromatic carbocycles. The van der Waals surface area contributed by atoms with Crippen molar-refractivity contribution in [2.45, 2.75) is 57.4 Å². The fourth-order valence-corrected chi connectivity index (χ4v) is 4.86. The second-order valence-corrected chi connectivity index (χ2v) is 9.27. The number of hydrogen-bond acceptors (Lipinski definition) is 5. The molecule has 2 heterocycles. The van der Waals surface area contributed by atoms with Gasteiger partial charge in [-0.25, -0.2) is 4.98 Å². The summed E-state index contributed by atoms with van der Waals surface area (Å²) in [6.07, 6.45) is 3.75. The smallest absolute Gasteiger partial charge is 0.185 e. The quantitative estimate of drug-likeness (QED) is 0.903. The molecule has 0 spiro atoms. The fourth-order valence-electron chi connectivity index (χ4n) is 2.62. The van der Waals surface area contributed by atoms with E-state index in [4.69, 9.17) is 4.98 Å². The van der Waals surface area contributed by atoms with Gasteiger partial charge in [0.1, 0.15) is 0 Å². The third kappa shape index (κ3) is 3.49. The Morgan fingerprint density at radius 3 is 2.85 bits per heavy atom. The Morgan fingerprint density at radius 1 is 1.40 bits per heavy atom. The van der Waals surface area contributed by atoms with Crippen molar-refractivity contribution < 1.29 is 0 Å². The maximum atomic E-state index is 4.91. The van der Waals surface area contributed by atoms with Gasteiger partial charge in [0.2, 0.25) is 0 Å². The van der Waals surface area contributed by atoms with Gasteiger partial charge < -0.3 is 10.2 Å². The lowest BCUT2D eigenvalue weighted by molar-refractivity contribution is 0.645. The number of hydrogen-bond donors (Lipinski definition) is 1. The van der Waals surface area contributed by atoms with Gasteiger partial charge >= 0.3 is 0 Å². The minimum Gasteiger partial charge on any atom is -0.346 e. The summed E-state index contributed by atoms with van der Waals surface area (Å²) in [5, 5.41) is 4.87. The maximum Gasteiger partial charge on any atom is 0.185 e. The molecule has 20 heavy (non-hydrogen) atoms. The first-order valence-electron chi connectivity index (χ1n) is 7.68. The topological polar surface area (TPSA) is 28.2 Å². The molecule has 1 aromatic rings. The van der Waals surface area contributed by atoms with Crippen molar-refractivity contribution >= 4 is 28.2 Å². The zero-order chi connectivity index (χ0) is 14.2. The zero-order valence-corrected chi connectivity index (χ0v) is 14.4. The second kappa shape index (κ2) is 5.85. The summed E-state index contributed by atoms with van der Waals surface area (Å²) in [5.41, 5.74) is 1.30. The van der Waals surface area contributed by atoms with Gasteiger partial charge in [0.25, 0.3) is 0 Å². The van der Waals surface area contributed by atoms with Gasteiger partial charge in [-0.15, -0.1) is 11.3 Å². The lowest BCUT2D eigenvalue weighted by Gasteiger charge is -2.37. The van der Waals surface area contributed by atoms with Gasteiger partial charge in [0.05, 0.1) is 5.69 Å². The molecule has 0 unspecified atom stereocenters. The molecule has 1 saturated carbocycles. The van der Waals surface area contributed by atoms with Crippen molar-refractivity contribution in [3.8, 4) is 0 Å². The van der Waals surface area contributed by atoms with E-state index in [1.165, 1.54) is 34.3 Å². The van der Waals surface area contributed by atoms with E-state index < -0.39 is 0 Å². The van der Waals surface area contributed by atoms with Crippen molar-refractivity contribution in [1.29, 1.82) is 0 Å². The highest BCUT2D eigenvalue weighted by Crippen LogP contribution is 2.35. The third-order valence-corrected chi connectivity index (χ3v) is 6.38. The first-order valence-corrected chi connectivity index (χ1v) is 9.48. The zero-order valence-electron chi connectivity index (χ0n) is 12.7. The third-order valence-electron chi connectivity index (χ3n) is 3.93. The number of aromatic nitrogens is 1. The van der Waals surface area contributed by atoms with E-state index in [1.807, 2.05) is 11.3 Å². The molecule has 0 radical (unpaired) electrons. The molecule has 1 aliphatic heterocycles. The number of aryl methyl sites for hydroxylation is 1. The molecule has 1 N–H and O–H groups in total. The van der Waals surface area contributed by atoms with Crippen LogP contribution in [0.15, 0.2) is 0 Å². The summed E-state index contributed by atoms with van der Waals surface area (Å²) in [6.45, 7) is 10.2. The Morgan fingerprint density at radius 2 is 2.20 bits per heavy atom. The highest BCUT2D eigenvalue weighted by molar-refractivity contribution is 8.00. The molecule has 3 nitrogen and oxygen atoms in total. The van der Waals surface area contributed by atoms with Crippen LogP contribution in [0, 0.1) is 0 Å². The highest BCUT2D eigenvalue weighted by Gasteiger charge is 2.29. The van der Waals surface area contributed by atoms with Crippen LogP contribution in [0.25, 0.3) is 0 Å². The summed E-state index contributed by atoms with van der Waals surface area (Å²) in [5.74, 6) is 1.21. The Balaban J connectivity index is 1.71. The molecule has 0 atom stereocenters.